The second-order valence-corrected chi connectivity index (χ2v) is 5.95. The molecule has 0 atom stereocenters. The first-order valence-electron chi connectivity index (χ1n) is 8.17. The third-order valence-electron chi connectivity index (χ3n) is 4.34. The van der Waals surface area contributed by atoms with Gasteiger partial charge in [0.25, 0.3) is 5.91 Å². The van der Waals surface area contributed by atoms with Gasteiger partial charge in [0.2, 0.25) is 5.43 Å². The van der Waals surface area contributed by atoms with E-state index >= 15 is 0 Å². The smallest absolute Gasteiger partial charge is 0.259 e. The zero-order valence-electron chi connectivity index (χ0n) is 13.7. The van der Waals surface area contributed by atoms with E-state index in [1.165, 1.54) is 0 Å². The number of ether oxygens (including phenoxy) is 1. The van der Waals surface area contributed by atoms with Crippen LogP contribution in [-0.4, -0.2) is 35.1 Å². The highest BCUT2D eigenvalue weighted by atomic mass is 16.5. The van der Waals surface area contributed by atoms with Gasteiger partial charge in [-0.15, -0.1) is 0 Å². The molecule has 1 aliphatic rings. The lowest BCUT2D eigenvalue weighted by Crippen LogP contribution is -2.38. The maximum atomic E-state index is 12.8. The van der Waals surface area contributed by atoms with Crippen molar-refractivity contribution in [1.82, 2.24) is 9.47 Å². The number of aromatic nitrogens is 1. The van der Waals surface area contributed by atoms with E-state index in [2.05, 4.69) is 0 Å². The van der Waals surface area contributed by atoms with Crippen molar-refractivity contribution >= 4 is 16.8 Å². The van der Waals surface area contributed by atoms with Crippen LogP contribution < -0.4 is 10.2 Å². The van der Waals surface area contributed by atoms with Gasteiger partial charge >= 0.3 is 0 Å². The summed E-state index contributed by atoms with van der Waals surface area (Å²) < 4.78 is 7.32. The summed E-state index contributed by atoms with van der Waals surface area (Å²) in [6, 6.07) is 5.43. The first-order chi connectivity index (χ1) is 11.1. The Hall–Kier alpha value is -2.30. The van der Waals surface area contributed by atoms with E-state index in [9.17, 15) is 9.59 Å². The van der Waals surface area contributed by atoms with E-state index in [1.54, 1.807) is 17.2 Å². The van der Waals surface area contributed by atoms with E-state index in [4.69, 9.17) is 4.74 Å². The monoisotopic (exact) mass is 314 g/mol. The Morgan fingerprint density at radius 1 is 1.22 bits per heavy atom. The van der Waals surface area contributed by atoms with E-state index in [0.717, 1.165) is 37.9 Å². The minimum absolute atomic E-state index is 0.158. The zero-order chi connectivity index (χ0) is 16.4. The maximum absolute atomic E-state index is 12.8. The number of hydrogen-bond donors (Lipinski definition) is 0. The fraction of sp³-hybridized carbons (Fsp3) is 0.444. The molecule has 1 amide bonds. The molecule has 1 aliphatic heterocycles. The molecule has 1 aromatic carbocycles. The number of piperidine rings is 1. The molecule has 0 saturated carbocycles. The molecule has 2 aromatic rings. The summed E-state index contributed by atoms with van der Waals surface area (Å²) in [5, 5.41) is 0.529. The summed E-state index contributed by atoms with van der Waals surface area (Å²) in [5.41, 5.74) is 0.833. The molecule has 1 aromatic heterocycles. The molecule has 2 heterocycles. The Morgan fingerprint density at radius 3 is 2.65 bits per heavy atom. The van der Waals surface area contributed by atoms with Gasteiger partial charge in [0.1, 0.15) is 11.3 Å². The number of aryl methyl sites for hydroxylation is 1. The number of carbonyl (C=O) groups excluding carboxylic acids is 1. The highest BCUT2D eigenvalue weighted by molar-refractivity contribution is 5.97. The lowest BCUT2D eigenvalue weighted by atomic mass is 10.1. The molecule has 1 fully saturated rings. The molecule has 5 nitrogen and oxygen atoms in total. The normalized spacial score (nSPS) is 15.0. The highest BCUT2D eigenvalue weighted by Crippen LogP contribution is 2.20. The van der Waals surface area contributed by atoms with Crippen molar-refractivity contribution in [2.45, 2.75) is 26.2 Å². The molecule has 1 saturated heterocycles. The number of carbonyl (C=O) groups is 1. The van der Waals surface area contributed by atoms with Crippen LogP contribution in [0, 0.1) is 0 Å². The van der Waals surface area contributed by atoms with Crippen LogP contribution in [-0.2, 0) is 7.05 Å². The van der Waals surface area contributed by atoms with Crippen LogP contribution >= 0.6 is 0 Å². The number of fused-ring (bicyclic) bond motifs is 1. The average molecular weight is 314 g/mol. The van der Waals surface area contributed by atoms with E-state index in [-0.39, 0.29) is 16.9 Å². The number of nitrogens with zero attached hydrogens (tertiary/aromatic N) is 2. The van der Waals surface area contributed by atoms with Gasteiger partial charge in [-0.2, -0.15) is 0 Å². The molecule has 0 unspecified atom stereocenters. The first-order valence-corrected chi connectivity index (χ1v) is 8.17. The SMILES string of the molecule is CCOc1ccc2c(c1)c(=O)c(C(=O)N1CCCCC1)cn2C. The van der Waals surface area contributed by atoms with Gasteiger partial charge in [0.15, 0.2) is 0 Å². The van der Waals surface area contributed by atoms with Crippen LogP contribution in [0.15, 0.2) is 29.2 Å². The Bertz CT molecular complexity index is 789. The fourth-order valence-corrected chi connectivity index (χ4v) is 3.15. The number of hydrogen-bond acceptors (Lipinski definition) is 3. The molecule has 0 aliphatic carbocycles. The van der Waals surface area contributed by atoms with Crippen LogP contribution in [0.2, 0.25) is 0 Å². The van der Waals surface area contributed by atoms with Gasteiger partial charge < -0.3 is 14.2 Å². The molecule has 0 N–H and O–H groups in total. The van der Waals surface area contributed by atoms with Crippen molar-refractivity contribution in [3.05, 3.63) is 40.2 Å². The van der Waals surface area contributed by atoms with Crippen molar-refractivity contribution in [3.8, 4) is 5.75 Å². The van der Waals surface area contributed by atoms with Crippen LogP contribution in [0.25, 0.3) is 10.9 Å². The summed E-state index contributed by atoms with van der Waals surface area (Å²) >= 11 is 0. The molecule has 3 rings (SSSR count). The lowest BCUT2D eigenvalue weighted by Gasteiger charge is -2.26. The Labute approximate surface area is 135 Å². The topological polar surface area (TPSA) is 51.5 Å². The quantitative estimate of drug-likeness (QED) is 0.875. The average Bonchev–Trinajstić information content (AvgIpc) is 2.58. The van der Waals surface area contributed by atoms with Gasteiger partial charge in [0.05, 0.1) is 17.5 Å². The summed E-state index contributed by atoms with van der Waals surface area (Å²) in [5.74, 6) is 0.494. The van der Waals surface area contributed by atoms with Crippen LogP contribution in [0.5, 0.6) is 5.75 Å². The number of rotatable bonds is 3. The van der Waals surface area contributed by atoms with Gasteiger partial charge in [-0.3, -0.25) is 9.59 Å². The third-order valence-corrected chi connectivity index (χ3v) is 4.34. The van der Waals surface area contributed by atoms with E-state index in [1.807, 2.05) is 30.7 Å². The molecular formula is C18H22N2O3. The minimum atomic E-state index is -0.213. The number of likely N-dealkylation sites (tertiary alicyclic amines) is 1. The van der Waals surface area contributed by atoms with E-state index in [0.29, 0.717) is 17.7 Å². The molecule has 0 spiro atoms. The van der Waals surface area contributed by atoms with Crippen LogP contribution in [0.1, 0.15) is 36.5 Å². The van der Waals surface area contributed by atoms with Crippen molar-refractivity contribution in [1.29, 1.82) is 0 Å². The van der Waals surface area contributed by atoms with Gasteiger partial charge in [-0.1, -0.05) is 0 Å². The predicted octanol–water partition coefficient (Wildman–Crippen LogP) is 2.56. The number of amides is 1. The summed E-state index contributed by atoms with van der Waals surface area (Å²) in [4.78, 5) is 27.3. The largest absolute Gasteiger partial charge is 0.494 e. The third kappa shape index (κ3) is 2.96. The van der Waals surface area contributed by atoms with Gasteiger partial charge in [0, 0.05) is 26.3 Å². The Morgan fingerprint density at radius 2 is 1.96 bits per heavy atom. The molecular weight excluding hydrogens is 292 g/mol. The molecule has 0 radical (unpaired) electrons. The standard InChI is InChI=1S/C18H22N2O3/c1-3-23-13-7-8-16-14(11-13)17(21)15(12-19(16)2)18(22)20-9-5-4-6-10-20/h7-8,11-12H,3-6,9-10H2,1-2H3. The van der Waals surface area contributed by atoms with Crippen molar-refractivity contribution in [2.24, 2.45) is 7.05 Å². The predicted molar refractivity (Wildman–Crippen MR) is 90.1 cm³/mol. The van der Waals surface area contributed by atoms with Crippen LogP contribution in [0.3, 0.4) is 0 Å². The number of pyridine rings is 1. The summed E-state index contributed by atoms with van der Waals surface area (Å²) in [6.45, 7) is 3.91. The van der Waals surface area contributed by atoms with Crippen LogP contribution in [0.4, 0.5) is 0 Å². The fourth-order valence-electron chi connectivity index (χ4n) is 3.15. The molecule has 122 valence electrons. The van der Waals surface area contributed by atoms with Crippen molar-refractivity contribution in [2.75, 3.05) is 19.7 Å². The van der Waals surface area contributed by atoms with E-state index < -0.39 is 0 Å². The Balaban J connectivity index is 2.08. The summed E-state index contributed by atoms with van der Waals surface area (Å²) in [6.07, 6.45) is 4.82. The van der Waals surface area contributed by atoms with Crippen molar-refractivity contribution in [3.63, 3.8) is 0 Å². The second kappa shape index (κ2) is 6.44. The zero-order valence-corrected chi connectivity index (χ0v) is 13.7. The maximum Gasteiger partial charge on any atom is 0.259 e. The minimum Gasteiger partial charge on any atom is -0.494 e. The molecule has 0 bridgehead atoms. The highest BCUT2D eigenvalue weighted by Gasteiger charge is 2.22. The summed E-state index contributed by atoms with van der Waals surface area (Å²) in [7, 11) is 1.86. The lowest BCUT2D eigenvalue weighted by molar-refractivity contribution is 0.0722. The molecule has 23 heavy (non-hydrogen) atoms. The second-order valence-electron chi connectivity index (χ2n) is 5.95. The van der Waals surface area contributed by atoms with Crippen molar-refractivity contribution < 1.29 is 9.53 Å². The number of benzene rings is 1. The van der Waals surface area contributed by atoms with Gasteiger partial charge in [-0.25, -0.2) is 0 Å². The Kier molecular flexibility index (Phi) is 4.37. The molecule has 5 heteroatoms. The first kappa shape index (κ1) is 15.6. The van der Waals surface area contributed by atoms with Gasteiger partial charge in [-0.05, 0) is 44.4 Å².